The maximum Gasteiger partial charge on any atom is 0.248 e. The van der Waals surface area contributed by atoms with Crippen molar-refractivity contribution in [3.63, 3.8) is 0 Å². The first-order chi connectivity index (χ1) is 16.0. The third kappa shape index (κ3) is 5.27. The van der Waals surface area contributed by atoms with E-state index in [0.29, 0.717) is 44.7 Å². The molecule has 0 saturated heterocycles. The van der Waals surface area contributed by atoms with Crippen LogP contribution < -0.4 is 14.8 Å². The Kier molecular flexibility index (Phi) is 6.82. The van der Waals surface area contributed by atoms with Gasteiger partial charge in [0.1, 0.15) is 22.5 Å². The zero-order chi connectivity index (χ0) is 23.4. The standard InChI is InChI=1S/C24H20Cl2N4O3/c1-3-33-19-8-6-18(7-9-19)30-28-21-10-5-17(14-22(21)29-30)27-23(31)11-4-15-12-16(25)13-20(26)24(15)32-2/h4-14H,3H2,1-2H3,(H,27,31). The topological polar surface area (TPSA) is 78.3 Å². The Bertz CT molecular complexity index is 1330. The molecule has 0 radical (unpaired) electrons. The summed E-state index contributed by atoms with van der Waals surface area (Å²) in [6.45, 7) is 2.54. The van der Waals surface area contributed by atoms with E-state index in [4.69, 9.17) is 32.7 Å². The Balaban J connectivity index is 1.50. The van der Waals surface area contributed by atoms with Crippen molar-refractivity contribution in [2.45, 2.75) is 6.92 Å². The molecule has 3 aromatic carbocycles. The Morgan fingerprint density at radius 2 is 1.82 bits per heavy atom. The first-order valence-electron chi connectivity index (χ1n) is 10.1. The summed E-state index contributed by atoms with van der Waals surface area (Å²) in [5, 5.41) is 12.6. The van der Waals surface area contributed by atoms with Crippen molar-refractivity contribution in [3.8, 4) is 17.2 Å². The number of carbonyl (C=O) groups is 1. The summed E-state index contributed by atoms with van der Waals surface area (Å²) >= 11 is 12.2. The van der Waals surface area contributed by atoms with Gasteiger partial charge < -0.3 is 14.8 Å². The van der Waals surface area contributed by atoms with Gasteiger partial charge in [-0.15, -0.1) is 10.2 Å². The van der Waals surface area contributed by atoms with E-state index in [1.807, 2.05) is 31.2 Å². The molecule has 1 N–H and O–H groups in total. The van der Waals surface area contributed by atoms with Crippen LogP contribution in [-0.2, 0) is 4.79 Å². The largest absolute Gasteiger partial charge is 0.495 e. The molecule has 4 aromatic rings. The lowest BCUT2D eigenvalue weighted by molar-refractivity contribution is -0.111. The number of hydrogen-bond donors (Lipinski definition) is 1. The highest BCUT2D eigenvalue weighted by Gasteiger charge is 2.09. The average molecular weight is 483 g/mol. The number of amides is 1. The minimum Gasteiger partial charge on any atom is -0.495 e. The maximum atomic E-state index is 12.4. The summed E-state index contributed by atoms with van der Waals surface area (Å²) in [7, 11) is 1.50. The number of nitrogens with one attached hydrogen (secondary N) is 1. The van der Waals surface area contributed by atoms with E-state index in [1.165, 1.54) is 13.2 Å². The number of methoxy groups -OCH3 is 1. The number of ether oxygens (including phenoxy) is 2. The molecule has 0 aliphatic carbocycles. The second kappa shape index (κ2) is 9.94. The number of fused-ring (bicyclic) bond motifs is 1. The van der Waals surface area contributed by atoms with Crippen LogP contribution in [-0.4, -0.2) is 34.6 Å². The van der Waals surface area contributed by atoms with Gasteiger partial charge in [-0.2, -0.15) is 4.80 Å². The van der Waals surface area contributed by atoms with E-state index in [-0.39, 0.29) is 5.91 Å². The zero-order valence-corrected chi connectivity index (χ0v) is 19.4. The van der Waals surface area contributed by atoms with Crippen LogP contribution in [0.25, 0.3) is 22.8 Å². The van der Waals surface area contributed by atoms with E-state index in [2.05, 4.69) is 15.5 Å². The molecular weight excluding hydrogens is 463 g/mol. The van der Waals surface area contributed by atoms with Crippen LogP contribution in [0.2, 0.25) is 10.0 Å². The molecule has 0 spiro atoms. The lowest BCUT2D eigenvalue weighted by Crippen LogP contribution is -2.07. The summed E-state index contributed by atoms with van der Waals surface area (Å²) in [4.78, 5) is 14.0. The molecule has 0 atom stereocenters. The number of carbonyl (C=O) groups excluding carboxylic acids is 1. The number of benzene rings is 3. The molecule has 0 fully saturated rings. The van der Waals surface area contributed by atoms with Gasteiger partial charge in [0.25, 0.3) is 0 Å². The van der Waals surface area contributed by atoms with E-state index >= 15 is 0 Å². The Morgan fingerprint density at radius 3 is 2.55 bits per heavy atom. The highest BCUT2D eigenvalue weighted by atomic mass is 35.5. The first kappa shape index (κ1) is 22.6. The second-order valence-electron chi connectivity index (χ2n) is 6.95. The highest BCUT2D eigenvalue weighted by molar-refractivity contribution is 6.36. The monoisotopic (exact) mass is 482 g/mol. The molecule has 9 heteroatoms. The van der Waals surface area contributed by atoms with Crippen LogP contribution in [0.5, 0.6) is 11.5 Å². The SMILES string of the molecule is CCOc1ccc(-n2nc3ccc(NC(=O)C=Cc4cc(Cl)cc(Cl)c4OC)cc3n2)cc1. The van der Waals surface area contributed by atoms with Crippen molar-refractivity contribution in [2.75, 3.05) is 19.0 Å². The first-order valence-corrected chi connectivity index (χ1v) is 10.8. The van der Waals surface area contributed by atoms with Gasteiger partial charge in [-0.05, 0) is 67.6 Å². The van der Waals surface area contributed by atoms with Gasteiger partial charge in [0, 0.05) is 22.3 Å². The maximum absolute atomic E-state index is 12.4. The summed E-state index contributed by atoms with van der Waals surface area (Å²) in [5.74, 6) is 0.900. The van der Waals surface area contributed by atoms with Crippen LogP contribution in [0.1, 0.15) is 12.5 Å². The molecule has 4 rings (SSSR count). The van der Waals surface area contributed by atoms with Crippen molar-refractivity contribution in [1.82, 2.24) is 15.0 Å². The molecule has 0 unspecified atom stereocenters. The van der Waals surface area contributed by atoms with Gasteiger partial charge in [-0.1, -0.05) is 23.2 Å². The van der Waals surface area contributed by atoms with Crippen LogP contribution in [0.4, 0.5) is 5.69 Å². The number of halogens is 2. The average Bonchev–Trinajstić information content (AvgIpc) is 3.21. The van der Waals surface area contributed by atoms with Crippen molar-refractivity contribution in [2.24, 2.45) is 0 Å². The normalized spacial score (nSPS) is 11.2. The number of hydrogen-bond acceptors (Lipinski definition) is 5. The fourth-order valence-corrected chi connectivity index (χ4v) is 3.81. The molecule has 1 amide bonds. The molecule has 33 heavy (non-hydrogen) atoms. The summed E-state index contributed by atoms with van der Waals surface area (Å²) < 4.78 is 10.8. The third-order valence-electron chi connectivity index (χ3n) is 4.68. The Labute approximate surface area is 200 Å². The molecule has 0 bridgehead atoms. The summed E-state index contributed by atoms with van der Waals surface area (Å²) in [5.41, 5.74) is 3.34. The number of nitrogens with zero attached hydrogens (tertiary/aromatic N) is 3. The quantitative estimate of drug-likeness (QED) is 0.337. The lowest BCUT2D eigenvalue weighted by Gasteiger charge is -2.08. The smallest absolute Gasteiger partial charge is 0.248 e. The Morgan fingerprint density at radius 1 is 1.06 bits per heavy atom. The van der Waals surface area contributed by atoms with Gasteiger partial charge in [0.05, 0.1) is 24.4 Å². The minimum absolute atomic E-state index is 0.327. The molecule has 1 aromatic heterocycles. The van der Waals surface area contributed by atoms with Gasteiger partial charge >= 0.3 is 0 Å². The van der Waals surface area contributed by atoms with Crippen LogP contribution in [0.15, 0.2) is 60.7 Å². The number of anilines is 1. The van der Waals surface area contributed by atoms with Crippen molar-refractivity contribution >= 4 is 51.9 Å². The van der Waals surface area contributed by atoms with E-state index in [0.717, 1.165) is 11.4 Å². The van der Waals surface area contributed by atoms with Crippen LogP contribution in [0, 0.1) is 0 Å². The van der Waals surface area contributed by atoms with E-state index < -0.39 is 0 Å². The summed E-state index contributed by atoms with van der Waals surface area (Å²) in [6, 6.07) is 16.1. The minimum atomic E-state index is -0.327. The lowest BCUT2D eigenvalue weighted by atomic mass is 10.2. The number of rotatable bonds is 7. The third-order valence-corrected chi connectivity index (χ3v) is 5.18. The van der Waals surface area contributed by atoms with Crippen LogP contribution >= 0.6 is 23.2 Å². The molecule has 0 aliphatic rings. The Hall–Kier alpha value is -3.55. The highest BCUT2D eigenvalue weighted by Crippen LogP contribution is 2.33. The summed E-state index contributed by atoms with van der Waals surface area (Å²) in [6.07, 6.45) is 2.97. The van der Waals surface area contributed by atoms with Gasteiger partial charge in [-0.25, -0.2) is 0 Å². The van der Waals surface area contributed by atoms with Gasteiger partial charge in [-0.3, -0.25) is 4.79 Å². The molecule has 0 saturated carbocycles. The molecule has 168 valence electrons. The predicted octanol–water partition coefficient (Wildman–Crippen LogP) is 5.79. The second-order valence-corrected chi connectivity index (χ2v) is 7.80. The van der Waals surface area contributed by atoms with Crippen molar-refractivity contribution in [1.29, 1.82) is 0 Å². The van der Waals surface area contributed by atoms with Crippen molar-refractivity contribution < 1.29 is 14.3 Å². The fourth-order valence-electron chi connectivity index (χ4n) is 3.22. The van der Waals surface area contributed by atoms with Crippen LogP contribution in [0.3, 0.4) is 0 Å². The molecular formula is C24H20Cl2N4O3. The zero-order valence-electron chi connectivity index (χ0n) is 17.9. The molecule has 0 aliphatic heterocycles. The van der Waals surface area contributed by atoms with E-state index in [9.17, 15) is 4.79 Å². The number of aromatic nitrogens is 3. The molecule has 7 nitrogen and oxygen atoms in total. The predicted molar refractivity (Wildman–Crippen MR) is 131 cm³/mol. The van der Waals surface area contributed by atoms with E-state index in [1.54, 1.807) is 41.2 Å². The fraction of sp³-hybridized carbons (Fsp3) is 0.125. The van der Waals surface area contributed by atoms with Gasteiger partial charge in [0.15, 0.2) is 0 Å². The van der Waals surface area contributed by atoms with Crippen molar-refractivity contribution in [3.05, 3.63) is 76.3 Å². The molecule has 1 heterocycles. The van der Waals surface area contributed by atoms with Gasteiger partial charge in [0.2, 0.25) is 5.91 Å².